The molecule has 13 N–H and O–H groups in total. The molecule has 1 aromatic carbocycles. The maximum atomic E-state index is 13.5. The van der Waals surface area contributed by atoms with Gasteiger partial charge >= 0.3 is 19.5 Å². The van der Waals surface area contributed by atoms with Crippen LogP contribution in [0.3, 0.4) is 0 Å². The molecule has 8 amide bonds. The molecule has 1 rings (SSSR count). The topological polar surface area (TPSA) is 389 Å². The summed E-state index contributed by atoms with van der Waals surface area (Å²) in [5.74, 6) is -11.2. The van der Waals surface area contributed by atoms with Crippen LogP contribution in [0.25, 0.3) is 0 Å². The number of carbonyl (C=O) groups is 10. The fourth-order valence-electron chi connectivity index (χ4n) is 4.76. The summed E-state index contributed by atoms with van der Waals surface area (Å²) in [5.41, 5.74) is 6.65. The molecule has 1 unspecified atom stereocenters. The first-order valence-electron chi connectivity index (χ1n) is 21.0. The van der Waals surface area contributed by atoms with Crippen molar-refractivity contribution in [3.8, 4) is 0 Å². The van der Waals surface area contributed by atoms with E-state index >= 15 is 0 Å². The third-order valence-corrected chi connectivity index (χ3v) is 9.21. The second kappa shape index (κ2) is 27.0. The van der Waals surface area contributed by atoms with E-state index < -0.39 is 162 Å². The summed E-state index contributed by atoms with van der Waals surface area (Å²) in [6.07, 6.45) is -1.23. The average molecular weight is 907 g/mol. The summed E-state index contributed by atoms with van der Waals surface area (Å²) in [4.78, 5) is 125. The Labute approximate surface area is 363 Å². The first kappa shape index (κ1) is 45.5. The molecule has 62 heavy (non-hydrogen) atoms. The normalized spacial score (nSPS) is 16.8. The zero-order chi connectivity index (χ0) is 51.4. The van der Waals surface area contributed by atoms with Gasteiger partial charge in [-0.05, 0) is 46.0 Å². The van der Waals surface area contributed by atoms with Crippen LogP contribution in [0.5, 0.6) is 0 Å². The number of rotatable bonds is 28. The highest BCUT2D eigenvalue weighted by molar-refractivity contribution is 7.52. The molecule has 0 spiro atoms. The smallest absolute Gasteiger partial charge is 0.328 e. The molecule has 0 saturated carbocycles. The lowest BCUT2D eigenvalue weighted by molar-refractivity contribution is -0.143. The lowest BCUT2D eigenvalue weighted by atomic mass is 10.1. The van der Waals surface area contributed by atoms with Crippen LogP contribution in [0.15, 0.2) is 30.3 Å². The maximum Gasteiger partial charge on any atom is 0.328 e. The number of hydrogen-bond donors (Lipinski definition) is 12. The van der Waals surface area contributed by atoms with Gasteiger partial charge in [0.2, 0.25) is 47.3 Å². The predicted molar refractivity (Wildman–Crippen MR) is 215 cm³/mol. The van der Waals surface area contributed by atoms with Crippen LogP contribution in [0.1, 0.15) is 52.9 Å². The van der Waals surface area contributed by atoms with E-state index in [2.05, 4.69) is 41.7 Å². The molecule has 8 atom stereocenters. The van der Waals surface area contributed by atoms with Crippen molar-refractivity contribution in [3.63, 3.8) is 0 Å². The first-order valence-corrected chi connectivity index (χ1v) is 20.5. The number of carboxylic acid groups (broad SMARTS) is 2. The van der Waals surface area contributed by atoms with Crippen molar-refractivity contribution in [1.82, 2.24) is 42.5 Å². The highest BCUT2D eigenvalue weighted by Gasteiger charge is 2.32. The van der Waals surface area contributed by atoms with Crippen LogP contribution in [0, 0.1) is 0 Å². The molecule has 0 radical (unpaired) electrons. The molecule has 1 aromatic rings. The third kappa shape index (κ3) is 21.0. The SMILES string of the molecule is [2H]C([2H])([2H])C([2H])([2H])OP(C)(=O)OC[C@H](NC(=O)[C@H](CCC(=O)O)NC(=O)CNC(=O)[C@@H](N)Cc1ccccc1)C(=O)N[C@@H](C)C(=O)NCC(=O)N[C@@H](C)C(=O)N[C@@H](C)C(=O)N[C@@H](CO)C(=O)O. The minimum atomic E-state index is -4.75. The largest absolute Gasteiger partial charge is 0.481 e. The molecule has 0 bridgehead atoms. The molecule has 0 aromatic heterocycles. The Morgan fingerprint density at radius 2 is 1.23 bits per heavy atom. The first-order chi connectivity index (χ1) is 30.9. The van der Waals surface area contributed by atoms with E-state index in [-0.39, 0.29) is 6.42 Å². The van der Waals surface area contributed by atoms with Gasteiger partial charge in [-0.2, -0.15) is 0 Å². The number of aliphatic carboxylic acids is 2. The van der Waals surface area contributed by atoms with Gasteiger partial charge in [0.1, 0.15) is 36.3 Å². The van der Waals surface area contributed by atoms with Gasteiger partial charge in [0.05, 0.1) is 41.6 Å². The molecule has 25 nitrogen and oxygen atoms in total. The fourth-order valence-corrected chi connectivity index (χ4v) is 5.40. The summed E-state index contributed by atoms with van der Waals surface area (Å²) in [7, 11) is -4.75. The minimum absolute atomic E-state index is 0.104. The van der Waals surface area contributed by atoms with Gasteiger partial charge in [0.25, 0.3) is 0 Å². The number of carboxylic acids is 2. The Kier molecular flexibility index (Phi) is 19.9. The maximum absolute atomic E-state index is 13.5. The van der Waals surface area contributed by atoms with Crippen LogP contribution < -0.4 is 48.3 Å². The second-order valence-corrected chi connectivity index (χ2v) is 15.4. The van der Waals surface area contributed by atoms with Crippen molar-refractivity contribution in [2.45, 2.75) is 89.2 Å². The van der Waals surface area contributed by atoms with Crippen molar-refractivity contribution in [1.29, 1.82) is 0 Å². The van der Waals surface area contributed by atoms with Gasteiger partial charge in [-0.15, -0.1) is 0 Å². The fraction of sp³-hybridized carbons (Fsp3) is 0.556. The van der Waals surface area contributed by atoms with E-state index in [1.54, 1.807) is 30.3 Å². The second-order valence-electron chi connectivity index (χ2n) is 13.4. The summed E-state index contributed by atoms with van der Waals surface area (Å²) < 4.78 is 59.9. The predicted octanol–water partition coefficient (Wildman–Crippen LogP) is -4.43. The van der Waals surface area contributed by atoms with Crippen LogP contribution in [0.2, 0.25) is 0 Å². The number of amides is 8. The molecule has 0 fully saturated rings. The summed E-state index contributed by atoms with van der Waals surface area (Å²) in [5, 5.41) is 44.7. The molecular formula is C36H56N9O16P. The molecule has 26 heteroatoms. The van der Waals surface area contributed by atoms with Crippen LogP contribution in [-0.4, -0.2) is 156 Å². The van der Waals surface area contributed by atoms with Gasteiger partial charge in [-0.3, -0.25) is 47.7 Å². The average Bonchev–Trinajstić information content (AvgIpc) is 3.22. The van der Waals surface area contributed by atoms with Crippen molar-refractivity contribution < 1.29 is 83.7 Å². The quantitative estimate of drug-likeness (QED) is 0.0353. The van der Waals surface area contributed by atoms with Gasteiger partial charge < -0.3 is 72.6 Å². The molecule has 346 valence electrons. The zero-order valence-electron chi connectivity index (χ0n) is 39.1. The Hall–Kier alpha value is -6.01. The van der Waals surface area contributed by atoms with Gasteiger partial charge in [-0.1, -0.05) is 30.3 Å². The summed E-state index contributed by atoms with van der Waals surface area (Å²) in [6, 6.07) is -2.10. The number of nitrogens with two attached hydrogens (primary N) is 1. The van der Waals surface area contributed by atoms with E-state index in [1.807, 2.05) is 5.32 Å². The Balaban J connectivity index is 3.11. The third-order valence-electron chi connectivity index (χ3n) is 8.17. The van der Waals surface area contributed by atoms with E-state index in [0.29, 0.717) is 6.66 Å². The Bertz CT molecular complexity index is 2000. The highest BCUT2D eigenvalue weighted by atomic mass is 31.2. The highest BCUT2D eigenvalue weighted by Crippen LogP contribution is 2.43. The van der Waals surface area contributed by atoms with Gasteiger partial charge in [-0.25, -0.2) is 4.79 Å². The molecule has 0 aliphatic carbocycles. The Morgan fingerprint density at radius 1 is 0.710 bits per heavy atom. The van der Waals surface area contributed by atoms with Crippen molar-refractivity contribution in [2.75, 3.05) is 39.5 Å². The molecule has 0 heterocycles. The number of hydrogen-bond acceptors (Lipinski definition) is 15. The van der Waals surface area contributed by atoms with E-state index in [9.17, 15) is 57.6 Å². The standard InChI is InChI=1S/C36H56N9O16P/c1-6-60-62(5,59)61-18-26(45-34(55)24(12-13-29(49)50)43-28(48)16-39-33(54)23(37)14-22-10-8-7-9-11-22)35(56)42-19(2)30(51)38-15-27(47)40-20(3)31(52)41-21(4)32(53)44-25(17-46)36(57)58/h7-11,19-21,23-26,46H,6,12-18,37H2,1-5H3,(H,38,51)(H,39,54)(H,40,47)(H,41,52)(H,42,56)(H,43,48)(H,44,53)(H,45,55)(H,49,50)(H,57,58)/t19-,20-,21-,23-,24-,25-,26-,62?/m0/s1/i1D3,6D2. The van der Waals surface area contributed by atoms with E-state index in [4.69, 9.17) is 27.3 Å². The molecule has 0 saturated heterocycles. The molecule has 0 aliphatic heterocycles. The van der Waals surface area contributed by atoms with Crippen molar-refractivity contribution in [3.05, 3.63) is 35.9 Å². The van der Waals surface area contributed by atoms with Crippen LogP contribution in [-0.2, 0) is 68.0 Å². The molecule has 0 aliphatic rings. The lowest BCUT2D eigenvalue weighted by Crippen LogP contribution is -2.58. The molecular weight excluding hydrogens is 845 g/mol. The number of nitrogens with one attached hydrogen (secondary N) is 8. The number of carbonyl (C=O) groups excluding carboxylic acids is 8. The van der Waals surface area contributed by atoms with E-state index in [1.165, 1.54) is 13.8 Å². The number of aliphatic hydroxyl groups excluding tert-OH is 1. The monoisotopic (exact) mass is 906 g/mol. The van der Waals surface area contributed by atoms with Crippen molar-refractivity contribution in [2.24, 2.45) is 5.73 Å². The van der Waals surface area contributed by atoms with Crippen molar-refractivity contribution >= 4 is 66.8 Å². The minimum Gasteiger partial charge on any atom is -0.481 e. The summed E-state index contributed by atoms with van der Waals surface area (Å²) >= 11 is 0. The van der Waals surface area contributed by atoms with E-state index in [0.717, 1.165) is 12.5 Å². The van der Waals surface area contributed by atoms with Crippen LogP contribution in [0.4, 0.5) is 0 Å². The number of benzene rings is 1. The van der Waals surface area contributed by atoms with Gasteiger partial charge in [0, 0.05) is 17.2 Å². The zero-order valence-corrected chi connectivity index (χ0v) is 34.9. The van der Waals surface area contributed by atoms with Crippen LogP contribution >= 0.6 is 7.60 Å². The lowest BCUT2D eigenvalue weighted by Gasteiger charge is -2.25. The number of aliphatic hydroxyl groups is 1. The summed E-state index contributed by atoms with van der Waals surface area (Å²) in [6.45, 7) is -6.58. The van der Waals surface area contributed by atoms with Gasteiger partial charge in [0.15, 0.2) is 0 Å². The Morgan fingerprint density at radius 3 is 1.81 bits per heavy atom.